The molecule has 112 valence electrons. The minimum absolute atomic E-state index is 0.173. The largest absolute Gasteiger partial charge is 0.493 e. The van der Waals surface area contributed by atoms with E-state index in [9.17, 15) is 20.1 Å². The molecule has 1 rings (SSSR count). The van der Waals surface area contributed by atoms with E-state index in [1.807, 2.05) is 0 Å². The fourth-order valence-electron chi connectivity index (χ4n) is 1.64. The molecule has 1 aromatic rings. The van der Waals surface area contributed by atoms with Crippen molar-refractivity contribution in [2.75, 3.05) is 34.0 Å². The van der Waals surface area contributed by atoms with Crippen molar-refractivity contribution in [1.82, 2.24) is 5.32 Å². The molecule has 0 unspecified atom stereocenters. The van der Waals surface area contributed by atoms with Crippen molar-refractivity contribution in [3.8, 4) is 11.5 Å². The summed E-state index contributed by atoms with van der Waals surface area (Å²) in [5, 5.41) is 30.0. The summed E-state index contributed by atoms with van der Waals surface area (Å²) in [4.78, 5) is 12.2. The Kier molecular flexibility index (Phi) is 5.75. The summed E-state index contributed by atoms with van der Waals surface area (Å²) in [6, 6.07) is 4.75. The van der Waals surface area contributed by atoms with Gasteiger partial charge in [-0.1, -0.05) is 6.07 Å². The van der Waals surface area contributed by atoms with Crippen molar-refractivity contribution in [2.45, 2.75) is 5.54 Å². The van der Waals surface area contributed by atoms with Crippen LogP contribution in [0.1, 0.15) is 10.4 Å². The monoisotopic (exact) mass is 285 g/mol. The lowest BCUT2D eigenvalue weighted by Crippen LogP contribution is -2.57. The highest BCUT2D eigenvalue weighted by atomic mass is 16.5. The molecule has 0 radical (unpaired) electrons. The molecule has 0 aliphatic heterocycles. The molecule has 0 aliphatic rings. The third-order valence-electron chi connectivity index (χ3n) is 2.93. The number of para-hydroxylation sites is 1. The van der Waals surface area contributed by atoms with Crippen LogP contribution in [-0.2, 0) is 0 Å². The van der Waals surface area contributed by atoms with E-state index in [0.717, 1.165) is 0 Å². The summed E-state index contributed by atoms with van der Waals surface area (Å²) in [6.07, 6.45) is 0. The summed E-state index contributed by atoms with van der Waals surface area (Å²) < 4.78 is 10.2. The lowest BCUT2D eigenvalue weighted by Gasteiger charge is -2.29. The molecule has 0 heterocycles. The summed E-state index contributed by atoms with van der Waals surface area (Å²) in [5.41, 5.74) is -1.32. The van der Waals surface area contributed by atoms with Crippen LogP contribution in [0.2, 0.25) is 0 Å². The highest BCUT2D eigenvalue weighted by molar-refractivity contribution is 5.98. The average molecular weight is 285 g/mol. The molecular weight excluding hydrogens is 266 g/mol. The molecule has 0 bridgehead atoms. The Morgan fingerprint density at radius 3 is 2.20 bits per heavy atom. The Hall–Kier alpha value is -1.83. The van der Waals surface area contributed by atoms with Crippen molar-refractivity contribution < 1.29 is 29.6 Å². The van der Waals surface area contributed by atoms with Gasteiger partial charge < -0.3 is 30.1 Å². The van der Waals surface area contributed by atoms with Crippen LogP contribution in [0.4, 0.5) is 0 Å². The number of benzene rings is 1. The van der Waals surface area contributed by atoms with Gasteiger partial charge in [0.1, 0.15) is 5.54 Å². The second-order valence-corrected chi connectivity index (χ2v) is 4.25. The van der Waals surface area contributed by atoms with Gasteiger partial charge in [0.2, 0.25) is 0 Å². The number of ether oxygens (including phenoxy) is 2. The molecule has 0 aromatic heterocycles. The van der Waals surface area contributed by atoms with Gasteiger partial charge in [0, 0.05) is 0 Å². The smallest absolute Gasteiger partial charge is 0.255 e. The number of aliphatic hydroxyl groups is 3. The second kappa shape index (κ2) is 7.09. The zero-order chi connectivity index (χ0) is 15.2. The van der Waals surface area contributed by atoms with Gasteiger partial charge in [-0.3, -0.25) is 4.79 Å². The van der Waals surface area contributed by atoms with Gasteiger partial charge in [-0.05, 0) is 12.1 Å². The van der Waals surface area contributed by atoms with Gasteiger partial charge in [0.15, 0.2) is 11.5 Å². The van der Waals surface area contributed by atoms with Crippen LogP contribution >= 0.6 is 0 Å². The van der Waals surface area contributed by atoms with Gasteiger partial charge in [-0.15, -0.1) is 0 Å². The SMILES string of the molecule is COc1cccc(C(=O)NC(CO)(CO)CO)c1OC. The Bertz CT molecular complexity index is 450. The highest BCUT2D eigenvalue weighted by Crippen LogP contribution is 2.30. The van der Waals surface area contributed by atoms with E-state index in [4.69, 9.17) is 9.47 Å². The molecule has 7 heteroatoms. The first-order valence-electron chi connectivity index (χ1n) is 5.93. The van der Waals surface area contributed by atoms with E-state index >= 15 is 0 Å². The van der Waals surface area contributed by atoms with Crippen molar-refractivity contribution in [3.05, 3.63) is 23.8 Å². The average Bonchev–Trinajstić information content (AvgIpc) is 2.51. The number of hydrogen-bond donors (Lipinski definition) is 4. The quantitative estimate of drug-likeness (QED) is 0.520. The van der Waals surface area contributed by atoms with Crippen LogP contribution < -0.4 is 14.8 Å². The standard InChI is InChI=1S/C13H19NO6/c1-19-10-5-3-4-9(11(10)20-2)12(18)14-13(6-15,7-16)8-17/h3-5,15-17H,6-8H2,1-2H3,(H,14,18). The van der Waals surface area contributed by atoms with E-state index in [1.165, 1.54) is 20.3 Å². The highest BCUT2D eigenvalue weighted by Gasteiger charge is 2.31. The van der Waals surface area contributed by atoms with Crippen LogP contribution in [-0.4, -0.2) is 60.8 Å². The fourth-order valence-corrected chi connectivity index (χ4v) is 1.64. The third kappa shape index (κ3) is 3.19. The number of carbonyl (C=O) groups is 1. The van der Waals surface area contributed by atoms with Crippen molar-refractivity contribution >= 4 is 5.91 Å². The summed E-state index contributed by atoms with van der Waals surface area (Å²) in [7, 11) is 2.84. The van der Waals surface area contributed by atoms with Crippen LogP contribution in [0.25, 0.3) is 0 Å². The van der Waals surface area contributed by atoms with Crippen molar-refractivity contribution in [3.63, 3.8) is 0 Å². The number of aliphatic hydroxyl groups excluding tert-OH is 3. The number of carbonyl (C=O) groups excluding carboxylic acids is 1. The van der Waals surface area contributed by atoms with Gasteiger partial charge in [0.05, 0.1) is 39.6 Å². The Morgan fingerprint density at radius 1 is 1.15 bits per heavy atom. The zero-order valence-corrected chi connectivity index (χ0v) is 11.4. The zero-order valence-electron chi connectivity index (χ0n) is 11.4. The summed E-state index contributed by atoms with van der Waals surface area (Å²) >= 11 is 0. The molecule has 7 nitrogen and oxygen atoms in total. The number of methoxy groups -OCH3 is 2. The molecule has 0 aliphatic carbocycles. The first-order valence-corrected chi connectivity index (χ1v) is 5.93. The molecule has 0 spiro atoms. The van der Waals surface area contributed by atoms with Crippen molar-refractivity contribution in [1.29, 1.82) is 0 Å². The third-order valence-corrected chi connectivity index (χ3v) is 2.93. The molecule has 1 amide bonds. The number of nitrogens with one attached hydrogen (secondary N) is 1. The minimum Gasteiger partial charge on any atom is -0.493 e. The predicted octanol–water partition coefficient (Wildman–Crippen LogP) is -0.851. The van der Waals surface area contributed by atoms with Crippen LogP contribution in [0.5, 0.6) is 11.5 Å². The van der Waals surface area contributed by atoms with Crippen LogP contribution in [0, 0.1) is 0 Å². The second-order valence-electron chi connectivity index (χ2n) is 4.25. The number of amides is 1. The lowest BCUT2D eigenvalue weighted by molar-refractivity contribution is 0.0374. The molecule has 4 N–H and O–H groups in total. The van der Waals surface area contributed by atoms with E-state index in [-0.39, 0.29) is 11.3 Å². The first kappa shape index (κ1) is 16.2. The van der Waals surface area contributed by atoms with E-state index in [2.05, 4.69) is 5.32 Å². The minimum atomic E-state index is -1.49. The van der Waals surface area contributed by atoms with E-state index in [1.54, 1.807) is 12.1 Å². The van der Waals surface area contributed by atoms with Gasteiger partial charge in [-0.25, -0.2) is 0 Å². The molecule has 0 fully saturated rings. The number of hydrogen-bond acceptors (Lipinski definition) is 6. The maximum absolute atomic E-state index is 12.2. The Balaban J connectivity index is 3.09. The predicted molar refractivity (Wildman–Crippen MR) is 71.0 cm³/mol. The maximum atomic E-state index is 12.2. The molecule has 0 atom stereocenters. The molecular formula is C13H19NO6. The normalized spacial score (nSPS) is 11.1. The summed E-state index contributed by atoms with van der Waals surface area (Å²) in [5.74, 6) is 0.0101. The number of rotatable bonds is 7. The van der Waals surface area contributed by atoms with Crippen molar-refractivity contribution in [2.24, 2.45) is 0 Å². The van der Waals surface area contributed by atoms with E-state index in [0.29, 0.717) is 5.75 Å². The first-order chi connectivity index (χ1) is 9.57. The maximum Gasteiger partial charge on any atom is 0.255 e. The van der Waals surface area contributed by atoms with Gasteiger partial charge in [-0.2, -0.15) is 0 Å². The summed E-state index contributed by atoms with van der Waals surface area (Å²) in [6.45, 7) is -1.80. The van der Waals surface area contributed by atoms with Gasteiger partial charge in [0.25, 0.3) is 5.91 Å². The molecule has 20 heavy (non-hydrogen) atoms. The van der Waals surface area contributed by atoms with Crippen LogP contribution in [0.3, 0.4) is 0 Å². The molecule has 1 aromatic carbocycles. The fraction of sp³-hybridized carbons (Fsp3) is 0.462. The topological polar surface area (TPSA) is 108 Å². The molecule has 0 saturated heterocycles. The Labute approximate surface area is 116 Å². The van der Waals surface area contributed by atoms with Crippen LogP contribution in [0.15, 0.2) is 18.2 Å². The lowest BCUT2D eigenvalue weighted by atomic mass is 10.0. The Morgan fingerprint density at radius 2 is 1.75 bits per heavy atom. The molecule has 0 saturated carbocycles. The van der Waals surface area contributed by atoms with E-state index < -0.39 is 31.3 Å². The van der Waals surface area contributed by atoms with Gasteiger partial charge >= 0.3 is 0 Å².